The quantitative estimate of drug-likeness (QED) is 0.776. The Bertz CT molecular complexity index is 653. The van der Waals surface area contributed by atoms with E-state index in [-0.39, 0.29) is 18.1 Å². The largest absolute Gasteiger partial charge is 0.294 e. The summed E-state index contributed by atoms with van der Waals surface area (Å²) in [6.45, 7) is 3.94. The molecule has 0 spiro atoms. The Labute approximate surface area is 119 Å². The topological polar surface area (TPSA) is 40.9 Å². The van der Waals surface area contributed by atoms with Crippen molar-refractivity contribution in [3.05, 3.63) is 70.8 Å². The van der Waals surface area contributed by atoms with Gasteiger partial charge in [0.05, 0.1) is 12.0 Å². The summed E-state index contributed by atoms with van der Waals surface area (Å²) in [5, 5.41) is 9.29. The highest BCUT2D eigenvalue weighted by atomic mass is 16.1. The van der Waals surface area contributed by atoms with Crippen molar-refractivity contribution in [2.75, 3.05) is 0 Å². The Kier molecular flexibility index (Phi) is 4.32. The summed E-state index contributed by atoms with van der Waals surface area (Å²) in [7, 11) is 0. The van der Waals surface area contributed by atoms with Crippen LogP contribution in [0.5, 0.6) is 0 Å². The molecule has 1 atom stereocenters. The predicted octanol–water partition coefficient (Wildman–Crippen LogP) is 4.18. The number of aryl methyl sites for hydroxylation is 2. The molecule has 20 heavy (non-hydrogen) atoms. The minimum atomic E-state index is -0.385. The molecule has 1 unspecified atom stereocenters. The zero-order valence-corrected chi connectivity index (χ0v) is 11.8. The smallest absolute Gasteiger partial charge is 0.164 e. The van der Waals surface area contributed by atoms with Gasteiger partial charge in [-0.15, -0.1) is 0 Å². The van der Waals surface area contributed by atoms with Crippen LogP contribution in [0.25, 0.3) is 0 Å². The van der Waals surface area contributed by atoms with Gasteiger partial charge in [0, 0.05) is 12.0 Å². The third-order valence-electron chi connectivity index (χ3n) is 3.43. The molecule has 0 saturated heterocycles. The second-order valence-corrected chi connectivity index (χ2v) is 5.04. The highest BCUT2D eigenvalue weighted by Crippen LogP contribution is 2.22. The molecule has 2 heteroatoms. The number of Topliss-reactive ketones (excluding diaryl/α,β-unsaturated/α-hetero) is 1. The Hall–Kier alpha value is -2.40. The van der Waals surface area contributed by atoms with E-state index in [1.165, 1.54) is 0 Å². The van der Waals surface area contributed by atoms with E-state index in [9.17, 15) is 10.1 Å². The van der Waals surface area contributed by atoms with Crippen molar-refractivity contribution in [1.29, 1.82) is 5.26 Å². The average molecular weight is 263 g/mol. The average Bonchev–Trinajstić information content (AvgIpc) is 2.45. The van der Waals surface area contributed by atoms with E-state index >= 15 is 0 Å². The SMILES string of the molecule is Cc1ccc(C(=O)CC(C#N)c2ccccc2)c(C)c1. The lowest BCUT2D eigenvalue weighted by Gasteiger charge is -2.10. The molecule has 0 aliphatic carbocycles. The molecule has 2 rings (SSSR count). The standard InChI is InChI=1S/C18H17NO/c1-13-8-9-17(14(2)10-13)18(20)11-16(12-19)15-6-4-3-5-7-15/h3-10,16H,11H2,1-2H3. The van der Waals surface area contributed by atoms with Crippen molar-refractivity contribution in [2.24, 2.45) is 0 Å². The summed E-state index contributed by atoms with van der Waals surface area (Å²) in [4.78, 5) is 12.4. The Morgan fingerprint density at radius 3 is 2.45 bits per heavy atom. The van der Waals surface area contributed by atoms with Gasteiger partial charge >= 0.3 is 0 Å². The first-order valence-corrected chi connectivity index (χ1v) is 6.67. The molecule has 0 fully saturated rings. The molecule has 0 saturated carbocycles. The molecule has 2 aromatic rings. The summed E-state index contributed by atoms with van der Waals surface area (Å²) in [6, 6.07) is 17.5. The van der Waals surface area contributed by atoms with Crippen LogP contribution < -0.4 is 0 Å². The van der Waals surface area contributed by atoms with Crippen LogP contribution in [-0.2, 0) is 0 Å². The number of benzene rings is 2. The predicted molar refractivity (Wildman–Crippen MR) is 79.7 cm³/mol. The fourth-order valence-corrected chi connectivity index (χ4v) is 2.35. The molecule has 2 nitrogen and oxygen atoms in total. The molecule has 0 bridgehead atoms. The lowest BCUT2D eigenvalue weighted by molar-refractivity contribution is 0.0978. The van der Waals surface area contributed by atoms with Gasteiger partial charge in [0.2, 0.25) is 0 Å². The summed E-state index contributed by atoms with van der Waals surface area (Å²) < 4.78 is 0. The summed E-state index contributed by atoms with van der Waals surface area (Å²) in [5.74, 6) is -0.359. The van der Waals surface area contributed by atoms with E-state index in [1.807, 2.05) is 62.4 Å². The van der Waals surface area contributed by atoms with Gasteiger partial charge in [-0.25, -0.2) is 0 Å². The van der Waals surface area contributed by atoms with Crippen molar-refractivity contribution in [3.63, 3.8) is 0 Å². The van der Waals surface area contributed by atoms with E-state index in [0.717, 1.165) is 16.7 Å². The lowest BCUT2D eigenvalue weighted by Crippen LogP contribution is -2.08. The van der Waals surface area contributed by atoms with Gasteiger partial charge in [0.15, 0.2) is 5.78 Å². The molecule has 0 aliphatic heterocycles. The summed E-state index contributed by atoms with van der Waals surface area (Å²) in [5.41, 5.74) is 3.72. The molecular formula is C18H17NO. The van der Waals surface area contributed by atoms with E-state index < -0.39 is 0 Å². The molecule has 0 amide bonds. The minimum Gasteiger partial charge on any atom is -0.294 e. The van der Waals surface area contributed by atoms with Crippen molar-refractivity contribution in [3.8, 4) is 6.07 Å². The molecule has 0 radical (unpaired) electrons. The van der Waals surface area contributed by atoms with Crippen molar-refractivity contribution in [2.45, 2.75) is 26.2 Å². The van der Waals surface area contributed by atoms with Gasteiger partial charge in [-0.05, 0) is 25.0 Å². The highest BCUT2D eigenvalue weighted by molar-refractivity contribution is 5.98. The van der Waals surface area contributed by atoms with Gasteiger partial charge in [0.1, 0.15) is 0 Å². The zero-order chi connectivity index (χ0) is 14.5. The maximum Gasteiger partial charge on any atom is 0.164 e. The van der Waals surface area contributed by atoms with Gasteiger partial charge in [-0.1, -0.05) is 54.1 Å². The number of hydrogen-bond acceptors (Lipinski definition) is 2. The van der Waals surface area contributed by atoms with Crippen molar-refractivity contribution < 1.29 is 4.79 Å². The maximum atomic E-state index is 12.4. The van der Waals surface area contributed by atoms with Crippen LogP contribution in [0, 0.1) is 25.2 Å². The monoisotopic (exact) mass is 263 g/mol. The molecule has 0 heterocycles. The van der Waals surface area contributed by atoms with E-state index in [2.05, 4.69) is 6.07 Å². The number of nitriles is 1. The lowest BCUT2D eigenvalue weighted by atomic mass is 9.91. The number of nitrogens with zero attached hydrogens (tertiary/aromatic N) is 1. The maximum absolute atomic E-state index is 12.4. The van der Waals surface area contributed by atoms with Crippen molar-refractivity contribution >= 4 is 5.78 Å². The van der Waals surface area contributed by atoms with E-state index in [1.54, 1.807) is 0 Å². The first-order chi connectivity index (χ1) is 9.61. The first-order valence-electron chi connectivity index (χ1n) is 6.67. The third kappa shape index (κ3) is 3.13. The van der Waals surface area contributed by atoms with Crippen LogP contribution in [0.2, 0.25) is 0 Å². The number of carbonyl (C=O) groups excluding carboxylic acids is 1. The third-order valence-corrected chi connectivity index (χ3v) is 3.43. The molecular weight excluding hydrogens is 246 g/mol. The molecule has 0 N–H and O–H groups in total. The number of rotatable bonds is 4. The van der Waals surface area contributed by atoms with Gasteiger partial charge in [-0.2, -0.15) is 5.26 Å². The first kappa shape index (κ1) is 14.0. The molecule has 2 aromatic carbocycles. The molecule has 0 aliphatic rings. The fourth-order valence-electron chi connectivity index (χ4n) is 2.35. The van der Waals surface area contributed by atoms with Crippen LogP contribution in [0.3, 0.4) is 0 Å². The van der Waals surface area contributed by atoms with E-state index in [4.69, 9.17) is 0 Å². The Morgan fingerprint density at radius 2 is 1.85 bits per heavy atom. The minimum absolute atomic E-state index is 0.0258. The van der Waals surface area contributed by atoms with Crippen molar-refractivity contribution in [1.82, 2.24) is 0 Å². The van der Waals surface area contributed by atoms with Gasteiger partial charge in [0.25, 0.3) is 0 Å². The van der Waals surface area contributed by atoms with Crippen LogP contribution in [0.15, 0.2) is 48.5 Å². The number of hydrogen-bond donors (Lipinski definition) is 0. The fraction of sp³-hybridized carbons (Fsp3) is 0.222. The zero-order valence-electron chi connectivity index (χ0n) is 11.8. The van der Waals surface area contributed by atoms with Crippen LogP contribution in [-0.4, -0.2) is 5.78 Å². The van der Waals surface area contributed by atoms with E-state index in [0.29, 0.717) is 5.56 Å². The summed E-state index contributed by atoms with van der Waals surface area (Å²) in [6.07, 6.45) is 0.227. The second kappa shape index (κ2) is 6.16. The number of ketones is 1. The Balaban J connectivity index is 2.20. The molecule has 0 aromatic heterocycles. The van der Waals surface area contributed by atoms with Gasteiger partial charge < -0.3 is 0 Å². The Morgan fingerprint density at radius 1 is 1.15 bits per heavy atom. The highest BCUT2D eigenvalue weighted by Gasteiger charge is 2.17. The van der Waals surface area contributed by atoms with Crippen LogP contribution >= 0.6 is 0 Å². The number of carbonyl (C=O) groups is 1. The van der Waals surface area contributed by atoms with Gasteiger partial charge in [-0.3, -0.25) is 4.79 Å². The van der Waals surface area contributed by atoms with Crippen LogP contribution in [0.4, 0.5) is 0 Å². The molecule has 100 valence electrons. The normalized spacial score (nSPS) is 11.7. The summed E-state index contributed by atoms with van der Waals surface area (Å²) >= 11 is 0. The van der Waals surface area contributed by atoms with Crippen LogP contribution in [0.1, 0.15) is 39.4 Å². The second-order valence-electron chi connectivity index (χ2n) is 5.04.